The lowest BCUT2D eigenvalue weighted by atomic mass is 9.93. The zero-order chi connectivity index (χ0) is 18.6. The first kappa shape index (κ1) is 19.0. The van der Waals surface area contributed by atoms with Crippen molar-refractivity contribution in [2.75, 3.05) is 5.32 Å². The van der Waals surface area contributed by atoms with Gasteiger partial charge in [0.1, 0.15) is 5.82 Å². The van der Waals surface area contributed by atoms with E-state index in [2.05, 4.69) is 38.3 Å². The summed E-state index contributed by atoms with van der Waals surface area (Å²) in [4.78, 5) is 12.4. The lowest BCUT2D eigenvalue weighted by molar-refractivity contribution is 0.251. The summed E-state index contributed by atoms with van der Waals surface area (Å²) < 4.78 is 13.4. The van der Waals surface area contributed by atoms with Crippen LogP contribution in [-0.2, 0) is 6.54 Å². The molecule has 2 rings (SSSR count). The molecule has 134 valence electrons. The third kappa shape index (κ3) is 4.81. The Hall–Kier alpha value is -2.36. The maximum absolute atomic E-state index is 13.4. The highest BCUT2D eigenvalue weighted by molar-refractivity contribution is 5.91. The highest BCUT2D eigenvalue weighted by Gasteiger charge is 2.16. The van der Waals surface area contributed by atoms with Crippen LogP contribution in [0.25, 0.3) is 0 Å². The topological polar surface area (TPSA) is 41.1 Å². The minimum absolute atomic E-state index is 0.279. The molecular formula is C21H27FN2O. The standard InChI is InChI=1S/C21H27FN2O/c1-13(2)18-7-6-8-19(14(3)4)20(18)24-21(25)23-12-16-11-17(22)10-9-15(16)5/h6-11,13-14H,12H2,1-5H3,(H2,23,24,25). The monoisotopic (exact) mass is 342 g/mol. The summed E-state index contributed by atoms with van der Waals surface area (Å²) in [5.74, 6) is 0.314. The first-order chi connectivity index (χ1) is 11.8. The summed E-state index contributed by atoms with van der Waals surface area (Å²) in [6, 6.07) is 10.4. The largest absolute Gasteiger partial charge is 0.334 e. The summed E-state index contributed by atoms with van der Waals surface area (Å²) in [5.41, 5.74) is 4.83. The fourth-order valence-electron chi connectivity index (χ4n) is 2.86. The molecule has 3 nitrogen and oxygen atoms in total. The number of anilines is 1. The molecule has 2 N–H and O–H groups in total. The molecule has 0 bridgehead atoms. The van der Waals surface area contributed by atoms with Crippen LogP contribution < -0.4 is 10.6 Å². The molecule has 0 aromatic heterocycles. The van der Waals surface area contributed by atoms with E-state index in [1.807, 2.05) is 25.1 Å². The number of para-hydroxylation sites is 1. The Balaban J connectivity index is 2.16. The van der Waals surface area contributed by atoms with Gasteiger partial charge in [0.2, 0.25) is 0 Å². The fourth-order valence-corrected chi connectivity index (χ4v) is 2.86. The number of urea groups is 1. The predicted octanol–water partition coefficient (Wildman–Crippen LogP) is 5.70. The second-order valence-electron chi connectivity index (χ2n) is 7.00. The van der Waals surface area contributed by atoms with Gasteiger partial charge in [-0.2, -0.15) is 0 Å². The Kier molecular flexibility index (Phi) is 6.18. The van der Waals surface area contributed by atoms with E-state index in [4.69, 9.17) is 0 Å². The van der Waals surface area contributed by atoms with Crippen molar-refractivity contribution in [1.29, 1.82) is 0 Å². The van der Waals surface area contributed by atoms with Crippen LogP contribution in [0.2, 0.25) is 0 Å². The average Bonchev–Trinajstić information content (AvgIpc) is 2.55. The lowest BCUT2D eigenvalue weighted by Gasteiger charge is -2.20. The minimum atomic E-state index is -0.296. The molecule has 25 heavy (non-hydrogen) atoms. The third-order valence-electron chi connectivity index (χ3n) is 4.36. The van der Waals surface area contributed by atoms with Crippen LogP contribution in [-0.4, -0.2) is 6.03 Å². The van der Waals surface area contributed by atoms with E-state index in [1.165, 1.54) is 12.1 Å². The normalized spacial score (nSPS) is 11.0. The Morgan fingerprint density at radius 2 is 1.64 bits per heavy atom. The van der Waals surface area contributed by atoms with E-state index >= 15 is 0 Å². The third-order valence-corrected chi connectivity index (χ3v) is 4.36. The molecule has 2 amide bonds. The van der Waals surface area contributed by atoms with Crippen molar-refractivity contribution in [2.24, 2.45) is 0 Å². The van der Waals surface area contributed by atoms with Crippen molar-refractivity contribution in [1.82, 2.24) is 5.32 Å². The molecule has 0 radical (unpaired) electrons. The molecule has 0 spiro atoms. The molecule has 0 aliphatic heterocycles. The number of benzene rings is 2. The van der Waals surface area contributed by atoms with E-state index in [-0.39, 0.29) is 18.4 Å². The van der Waals surface area contributed by atoms with E-state index in [0.29, 0.717) is 11.8 Å². The van der Waals surface area contributed by atoms with Crippen LogP contribution in [0, 0.1) is 12.7 Å². The van der Waals surface area contributed by atoms with E-state index in [9.17, 15) is 9.18 Å². The quantitative estimate of drug-likeness (QED) is 0.718. The molecule has 0 aliphatic rings. The number of halogens is 1. The second kappa shape index (κ2) is 8.15. The van der Waals surface area contributed by atoms with Gasteiger partial charge in [0.15, 0.2) is 0 Å². The van der Waals surface area contributed by atoms with E-state index < -0.39 is 0 Å². The summed E-state index contributed by atoms with van der Waals surface area (Å²) in [6.07, 6.45) is 0. The van der Waals surface area contributed by atoms with Crippen molar-refractivity contribution in [3.63, 3.8) is 0 Å². The SMILES string of the molecule is Cc1ccc(F)cc1CNC(=O)Nc1c(C(C)C)cccc1C(C)C. The van der Waals surface area contributed by atoms with Gasteiger partial charge in [0.25, 0.3) is 0 Å². The average molecular weight is 342 g/mol. The number of rotatable bonds is 5. The number of hydrogen-bond acceptors (Lipinski definition) is 1. The highest BCUT2D eigenvalue weighted by atomic mass is 19.1. The number of carbonyl (C=O) groups is 1. The molecule has 4 heteroatoms. The van der Waals surface area contributed by atoms with Gasteiger partial charge < -0.3 is 10.6 Å². The molecule has 0 heterocycles. The number of hydrogen-bond donors (Lipinski definition) is 2. The van der Waals surface area contributed by atoms with Gasteiger partial charge in [-0.05, 0) is 53.1 Å². The van der Waals surface area contributed by atoms with Crippen LogP contribution in [0.4, 0.5) is 14.9 Å². The Morgan fingerprint density at radius 3 is 2.20 bits per heavy atom. The smallest absolute Gasteiger partial charge is 0.319 e. The molecule has 2 aromatic rings. The zero-order valence-electron chi connectivity index (χ0n) is 15.6. The molecule has 2 aromatic carbocycles. The van der Waals surface area contributed by atoms with Gasteiger partial charge in [0, 0.05) is 12.2 Å². The molecule has 0 unspecified atom stereocenters. The van der Waals surface area contributed by atoms with Gasteiger partial charge in [-0.15, -0.1) is 0 Å². The van der Waals surface area contributed by atoms with Crippen LogP contribution in [0.15, 0.2) is 36.4 Å². The predicted molar refractivity (Wildman–Crippen MR) is 102 cm³/mol. The maximum atomic E-state index is 13.4. The first-order valence-electron chi connectivity index (χ1n) is 8.72. The first-order valence-corrected chi connectivity index (χ1v) is 8.72. The van der Waals surface area contributed by atoms with Crippen LogP contribution in [0.5, 0.6) is 0 Å². The Morgan fingerprint density at radius 1 is 1.04 bits per heavy atom. The number of nitrogens with one attached hydrogen (secondary N) is 2. The van der Waals surface area contributed by atoms with Crippen molar-refractivity contribution < 1.29 is 9.18 Å². The summed E-state index contributed by atoms with van der Waals surface area (Å²) in [7, 11) is 0. The van der Waals surface area contributed by atoms with Crippen molar-refractivity contribution in [3.05, 3.63) is 64.5 Å². The number of aryl methyl sites for hydroxylation is 1. The van der Waals surface area contributed by atoms with E-state index in [0.717, 1.165) is 27.9 Å². The molecule has 0 aliphatic carbocycles. The minimum Gasteiger partial charge on any atom is -0.334 e. The molecule has 0 saturated carbocycles. The summed E-state index contributed by atoms with van der Waals surface area (Å²) in [5, 5.41) is 5.83. The van der Waals surface area contributed by atoms with Crippen molar-refractivity contribution in [3.8, 4) is 0 Å². The zero-order valence-corrected chi connectivity index (χ0v) is 15.6. The van der Waals surface area contributed by atoms with Crippen molar-refractivity contribution in [2.45, 2.75) is 53.0 Å². The Bertz CT molecular complexity index is 727. The summed E-state index contributed by atoms with van der Waals surface area (Å²) in [6.45, 7) is 10.6. The molecular weight excluding hydrogens is 315 g/mol. The van der Waals surface area contributed by atoms with Gasteiger partial charge in [-0.3, -0.25) is 0 Å². The van der Waals surface area contributed by atoms with Crippen LogP contribution >= 0.6 is 0 Å². The van der Waals surface area contributed by atoms with Crippen molar-refractivity contribution >= 4 is 11.7 Å². The van der Waals surface area contributed by atoms with Gasteiger partial charge >= 0.3 is 6.03 Å². The van der Waals surface area contributed by atoms with Crippen LogP contribution in [0.3, 0.4) is 0 Å². The second-order valence-corrected chi connectivity index (χ2v) is 7.00. The highest BCUT2D eigenvalue weighted by Crippen LogP contribution is 2.32. The number of carbonyl (C=O) groups excluding carboxylic acids is 1. The summed E-state index contributed by atoms with van der Waals surface area (Å²) >= 11 is 0. The van der Waals surface area contributed by atoms with Crippen LogP contribution in [0.1, 0.15) is 61.8 Å². The maximum Gasteiger partial charge on any atom is 0.319 e. The molecule has 0 saturated heterocycles. The van der Waals surface area contributed by atoms with E-state index in [1.54, 1.807) is 6.07 Å². The van der Waals surface area contributed by atoms with Gasteiger partial charge in [-0.1, -0.05) is 52.0 Å². The van der Waals surface area contributed by atoms with Gasteiger partial charge in [0.05, 0.1) is 0 Å². The van der Waals surface area contributed by atoms with Gasteiger partial charge in [-0.25, -0.2) is 9.18 Å². The number of amides is 2. The molecule has 0 fully saturated rings. The molecule has 0 atom stereocenters. The fraction of sp³-hybridized carbons (Fsp3) is 0.381. The lowest BCUT2D eigenvalue weighted by Crippen LogP contribution is -2.29. The Labute approximate surface area is 149 Å².